The third-order valence-electron chi connectivity index (χ3n) is 19.1. The van der Waals surface area contributed by atoms with E-state index in [2.05, 4.69) is 55.6 Å². The lowest BCUT2D eigenvalue weighted by atomic mass is 10.0. The Bertz CT molecular complexity index is 1500. The zero-order chi connectivity index (χ0) is 64.9. The molecule has 0 bridgehead atoms. The molecule has 3 N–H and O–H groups in total. The van der Waals surface area contributed by atoms with Gasteiger partial charge in [-0.15, -0.1) is 0 Å². The van der Waals surface area contributed by atoms with Gasteiger partial charge in [0.1, 0.15) is 0 Å². The average molecular weight is 1260 g/mol. The summed E-state index contributed by atoms with van der Waals surface area (Å²) in [6.07, 6.45) is 105. The highest BCUT2D eigenvalue weighted by molar-refractivity contribution is 5.76. The van der Waals surface area contributed by atoms with Crippen molar-refractivity contribution >= 4 is 11.9 Å². The highest BCUT2D eigenvalue weighted by atomic mass is 16.5. The Morgan fingerprint density at radius 2 is 0.567 bits per heavy atom. The van der Waals surface area contributed by atoms with E-state index >= 15 is 0 Å². The lowest BCUT2D eigenvalue weighted by molar-refractivity contribution is -0.143. The number of unbranched alkanes of at least 4 members (excludes halogenated alkanes) is 60. The van der Waals surface area contributed by atoms with E-state index in [4.69, 9.17) is 4.74 Å². The van der Waals surface area contributed by atoms with E-state index in [1.165, 1.54) is 372 Å². The molecule has 90 heavy (non-hydrogen) atoms. The quantitative estimate of drug-likeness (QED) is 0.0320. The molecule has 0 fully saturated rings. The fourth-order valence-corrected chi connectivity index (χ4v) is 12.8. The minimum absolute atomic E-state index is 0.00574. The molecule has 0 saturated carbocycles. The molecule has 530 valence electrons. The normalized spacial score (nSPS) is 12.7. The first-order valence-electron chi connectivity index (χ1n) is 40.9. The maximum atomic E-state index is 12.6. The van der Waals surface area contributed by atoms with Gasteiger partial charge in [-0.05, 0) is 83.5 Å². The lowest BCUT2D eigenvalue weighted by Crippen LogP contribution is -2.45. The van der Waals surface area contributed by atoms with E-state index in [0.29, 0.717) is 19.4 Å². The first-order valence-corrected chi connectivity index (χ1v) is 40.9. The predicted molar refractivity (Wildman–Crippen MR) is 398 cm³/mol. The number of amides is 1. The van der Waals surface area contributed by atoms with Crippen molar-refractivity contribution in [3.8, 4) is 0 Å². The van der Waals surface area contributed by atoms with Gasteiger partial charge in [-0.25, -0.2) is 0 Å². The number of esters is 1. The number of allylic oxidation sites excluding steroid dienone is 7. The average Bonchev–Trinajstić information content (AvgIpc) is 3.60. The number of aliphatic hydroxyl groups excluding tert-OH is 2. The van der Waals surface area contributed by atoms with Crippen LogP contribution >= 0.6 is 0 Å². The summed E-state index contributed by atoms with van der Waals surface area (Å²) >= 11 is 0. The summed E-state index contributed by atoms with van der Waals surface area (Å²) in [5.74, 6) is -0.0538. The molecule has 0 spiro atoms. The molecule has 0 aliphatic rings. The van der Waals surface area contributed by atoms with Crippen LogP contribution in [0.25, 0.3) is 0 Å². The smallest absolute Gasteiger partial charge is 0.305 e. The highest BCUT2D eigenvalue weighted by Crippen LogP contribution is 2.20. The summed E-state index contributed by atoms with van der Waals surface area (Å²) in [6.45, 7) is 4.90. The van der Waals surface area contributed by atoms with Gasteiger partial charge in [0.25, 0.3) is 0 Å². The number of ether oxygens (including phenoxy) is 1. The Hall–Kier alpha value is -2.18. The van der Waals surface area contributed by atoms with Crippen molar-refractivity contribution < 1.29 is 24.5 Å². The minimum atomic E-state index is -0.844. The Balaban J connectivity index is 3.37. The van der Waals surface area contributed by atoms with Crippen molar-refractivity contribution in [3.05, 3.63) is 48.6 Å². The summed E-state index contributed by atoms with van der Waals surface area (Å²) in [4.78, 5) is 24.6. The molecule has 0 radical (unpaired) electrons. The number of hydrogen-bond donors (Lipinski definition) is 3. The van der Waals surface area contributed by atoms with Crippen LogP contribution in [0.15, 0.2) is 48.6 Å². The molecular weight excluding hydrogens is 1100 g/mol. The molecule has 2 unspecified atom stereocenters. The van der Waals surface area contributed by atoms with E-state index in [1.54, 1.807) is 6.08 Å². The van der Waals surface area contributed by atoms with E-state index in [-0.39, 0.29) is 18.5 Å². The van der Waals surface area contributed by atoms with Crippen LogP contribution in [0.1, 0.15) is 450 Å². The van der Waals surface area contributed by atoms with Crippen LogP contribution in [0.3, 0.4) is 0 Å². The number of nitrogens with one attached hydrogen (secondary N) is 1. The first-order chi connectivity index (χ1) is 44.5. The Morgan fingerprint density at radius 1 is 0.311 bits per heavy atom. The molecule has 0 aliphatic carbocycles. The number of carbonyl (C=O) groups is 2. The van der Waals surface area contributed by atoms with Gasteiger partial charge in [0, 0.05) is 12.8 Å². The van der Waals surface area contributed by atoms with Crippen LogP contribution in [0.4, 0.5) is 0 Å². The predicted octanol–water partition coefficient (Wildman–Crippen LogP) is 27.2. The van der Waals surface area contributed by atoms with Gasteiger partial charge in [-0.3, -0.25) is 9.59 Å². The van der Waals surface area contributed by atoms with Crippen LogP contribution in [0.5, 0.6) is 0 Å². The van der Waals surface area contributed by atoms with Crippen molar-refractivity contribution in [2.75, 3.05) is 13.2 Å². The second-order valence-corrected chi connectivity index (χ2v) is 28.1. The molecule has 0 saturated heterocycles. The van der Waals surface area contributed by atoms with E-state index in [9.17, 15) is 19.8 Å². The zero-order valence-corrected chi connectivity index (χ0v) is 60.9. The number of carbonyl (C=O) groups excluding carboxylic acids is 2. The first kappa shape index (κ1) is 87.8. The molecule has 0 rings (SSSR count). The van der Waals surface area contributed by atoms with Gasteiger partial charge < -0.3 is 20.3 Å². The number of aliphatic hydroxyl groups is 2. The second-order valence-electron chi connectivity index (χ2n) is 28.1. The van der Waals surface area contributed by atoms with Gasteiger partial charge in [0.2, 0.25) is 5.91 Å². The SMILES string of the molecule is CCCC/C=C\C/C=C\CCCCCCCC(=O)OCCCCCCCCCCCCCCCC/C=C\CCCCCCCCCCCCCCCCCCCC(=O)NC(CO)C(O)/C=C/CCCCCCCCCCCCCCCCCCCCCCCC. The Kier molecular flexibility index (Phi) is 77.3. The van der Waals surface area contributed by atoms with Crippen molar-refractivity contribution in [1.29, 1.82) is 0 Å². The van der Waals surface area contributed by atoms with E-state index in [0.717, 1.165) is 51.4 Å². The maximum Gasteiger partial charge on any atom is 0.305 e. The fourth-order valence-electron chi connectivity index (χ4n) is 12.8. The van der Waals surface area contributed by atoms with Gasteiger partial charge in [0.05, 0.1) is 25.4 Å². The second kappa shape index (κ2) is 79.3. The molecule has 0 aliphatic heterocycles. The van der Waals surface area contributed by atoms with Gasteiger partial charge in [-0.2, -0.15) is 0 Å². The molecular formula is C84H159NO5. The molecule has 0 heterocycles. The maximum absolute atomic E-state index is 12.6. The molecule has 2 atom stereocenters. The molecule has 0 aromatic heterocycles. The minimum Gasteiger partial charge on any atom is -0.466 e. The molecule has 1 amide bonds. The fraction of sp³-hybridized carbons (Fsp3) is 0.881. The standard InChI is InChI=1S/C84H159NO5/c1-3-5-7-9-11-13-15-17-19-20-21-22-23-37-40-43-46-49-52-56-60-64-68-72-76-82(87)81(80-86)85-83(88)77-73-69-65-61-57-53-50-47-44-41-38-35-33-31-29-27-25-24-26-28-30-32-34-36-39-42-45-48-51-55-59-63-67-71-75-79-90-84(89)78-74-70-66-62-58-54-18-16-14-12-10-8-6-4-2/h10,12,16,18,26,28,72,76,81-82,86-87H,3-9,11,13-15,17,19-25,27,29-71,73-75,77-80H2,1-2H3,(H,85,88)/b12-10-,18-16-,28-26-,76-72+. The summed E-state index contributed by atoms with van der Waals surface area (Å²) in [6, 6.07) is -0.627. The third kappa shape index (κ3) is 74.9. The molecule has 0 aromatic rings. The largest absolute Gasteiger partial charge is 0.466 e. The number of rotatable bonds is 77. The lowest BCUT2D eigenvalue weighted by Gasteiger charge is -2.20. The monoisotopic (exact) mass is 1260 g/mol. The summed E-state index contributed by atoms with van der Waals surface area (Å²) in [7, 11) is 0. The van der Waals surface area contributed by atoms with Crippen molar-refractivity contribution in [2.24, 2.45) is 0 Å². The van der Waals surface area contributed by atoms with Gasteiger partial charge in [-0.1, -0.05) is 403 Å². The topological polar surface area (TPSA) is 95.9 Å². The molecule has 0 aromatic carbocycles. The molecule has 6 heteroatoms. The third-order valence-corrected chi connectivity index (χ3v) is 19.1. The summed E-state index contributed by atoms with van der Waals surface area (Å²) < 4.78 is 5.49. The van der Waals surface area contributed by atoms with Crippen LogP contribution in [0.2, 0.25) is 0 Å². The van der Waals surface area contributed by atoms with Crippen LogP contribution in [-0.2, 0) is 14.3 Å². The molecule has 6 nitrogen and oxygen atoms in total. The van der Waals surface area contributed by atoms with Crippen LogP contribution in [0, 0.1) is 0 Å². The van der Waals surface area contributed by atoms with Crippen LogP contribution in [-0.4, -0.2) is 47.4 Å². The summed E-state index contributed by atoms with van der Waals surface area (Å²) in [5, 5.41) is 23.3. The van der Waals surface area contributed by atoms with Crippen molar-refractivity contribution in [3.63, 3.8) is 0 Å². The zero-order valence-electron chi connectivity index (χ0n) is 60.9. The Morgan fingerprint density at radius 3 is 0.889 bits per heavy atom. The number of hydrogen-bond acceptors (Lipinski definition) is 5. The van der Waals surface area contributed by atoms with E-state index in [1.807, 2.05) is 6.08 Å². The van der Waals surface area contributed by atoms with Crippen molar-refractivity contribution in [1.82, 2.24) is 5.32 Å². The van der Waals surface area contributed by atoms with Gasteiger partial charge in [0.15, 0.2) is 0 Å². The summed E-state index contributed by atoms with van der Waals surface area (Å²) in [5.41, 5.74) is 0. The highest BCUT2D eigenvalue weighted by Gasteiger charge is 2.18. The van der Waals surface area contributed by atoms with E-state index < -0.39 is 12.1 Å². The van der Waals surface area contributed by atoms with Crippen LogP contribution < -0.4 is 5.32 Å². The van der Waals surface area contributed by atoms with Gasteiger partial charge >= 0.3 is 5.97 Å². The Labute approximate surface area is 563 Å². The van der Waals surface area contributed by atoms with Crippen molar-refractivity contribution in [2.45, 2.75) is 463 Å².